The lowest BCUT2D eigenvalue weighted by atomic mass is 9.85. The number of nitrogens with one attached hydrogen (secondary N) is 1. The van der Waals surface area contributed by atoms with Gasteiger partial charge in [0.1, 0.15) is 0 Å². The minimum Gasteiger partial charge on any atom is -0.481 e. The average Bonchev–Trinajstić information content (AvgIpc) is 2.48. The Balaban J connectivity index is 1.64. The molecule has 0 aromatic carbocycles. The van der Waals surface area contributed by atoms with Crippen molar-refractivity contribution in [3.05, 3.63) is 23.9 Å². The van der Waals surface area contributed by atoms with Crippen molar-refractivity contribution < 1.29 is 4.74 Å². The number of hydrogen-bond donors (Lipinski definition) is 1. The SMILES string of the molecule is COc1ncccc1CN1CCC2NCCCC2C1. The number of hydrogen-bond acceptors (Lipinski definition) is 4. The molecule has 0 amide bonds. The normalized spacial score (nSPS) is 27.8. The molecular formula is C15H23N3O. The molecule has 0 aliphatic carbocycles. The lowest BCUT2D eigenvalue weighted by Gasteiger charge is -2.41. The summed E-state index contributed by atoms with van der Waals surface area (Å²) in [6.07, 6.45) is 5.76. The highest BCUT2D eigenvalue weighted by Gasteiger charge is 2.30. The van der Waals surface area contributed by atoms with Gasteiger partial charge in [-0.1, -0.05) is 6.07 Å². The Labute approximate surface area is 115 Å². The van der Waals surface area contributed by atoms with E-state index >= 15 is 0 Å². The molecule has 1 aromatic rings. The Bertz CT molecular complexity index is 424. The molecule has 19 heavy (non-hydrogen) atoms. The monoisotopic (exact) mass is 261 g/mol. The number of fused-ring (bicyclic) bond motifs is 1. The summed E-state index contributed by atoms with van der Waals surface area (Å²) in [5.74, 6) is 1.59. The predicted molar refractivity (Wildman–Crippen MR) is 75.2 cm³/mol. The van der Waals surface area contributed by atoms with Crippen molar-refractivity contribution in [1.82, 2.24) is 15.2 Å². The fourth-order valence-electron chi connectivity index (χ4n) is 3.43. The number of piperidine rings is 2. The maximum Gasteiger partial charge on any atom is 0.217 e. The zero-order valence-corrected chi connectivity index (χ0v) is 11.6. The third-order valence-corrected chi connectivity index (χ3v) is 4.41. The molecule has 2 unspecified atom stereocenters. The lowest BCUT2D eigenvalue weighted by Crippen LogP contribution is -2.51. The topological polar surface area (TPSA) is 37.4 Å². The third-order valence-electron chi connectivity index (χ3n) is 4.41. The summed E-state index contributed by atoms with van der Waals surface area (Å²) < 4.78 is 5.34. The summed E-state index contributed by atoms with van der Waals surface area (Å²) in [5.41, 5.74) is 1.20. The quantitative estimate of drug-likeness (QED) is 0.898. The van der Waals surface area contributed by atoms with Gasteiger partial charge in [-0.05, 0) is 44.3 Å². The molecular weight excluding hydrogens is 238 g/mol. The van der Waals surface area contributed by atoms with Crippen molar-refractivity contribution in [3.63, 3.8) is 0 Å². The molecule has 2 aliphatic rings. The van der Waals surface area contributed by atoms with E-state index in [1.165, 1.54) is 44.5 Å². The summed E-state index contributed by atoms with van der Waals surface area (Å²) >= 11 is 0. The van der Waals surface area contributed by atoms with Crippen LogP contribution in [0.1, 0.15) is 24.8 Å². The summed E-state index contributed by atoms with van der Waals surface area (Å²) in [6, 6.07) is 4.87. The number of nitrogens with zero attached hydrogens (tertiary/aromatic N) is 2. The summed E-state index contributed by atoms with van der Waals surface area (Å²) in [7, 11) is 1.70. The smallest absolute Gasteiger partial charge is 0.217 e. The first-order chi connectivity index (χ1) is 9.36. The molecule has 3 rings (SSSR count). The van der Waals surface area contributed by atoms with E-state index in [-0.39, 0.29) is 0 Å². The summed E-state index contributed by atoms with van der Waals surface area (Å²) in [4.78, 5) is 6.83. The van der Waals surface area contributed by atoms with Crippen LogP contribution in [0.2, 0.25) is 0 Å². The second-order valence-corrected chi connectivity index (χ2v) is 5.66. The average molecular weight is 261 g/mol. The van der Waals surface area contributed by atoms with Gasteiger partial charge in [0.05, 0.1) is 7.11 Å². The van der Waals surface area contributed by atoms with Crippen LogP contribution in [0, 0.1) is 5.92 Å². The van der Waals surface area contributed by atoms with E-state index in [1.807, 2.05) is 6.07 Å². The van der Waals surface area contributed by atoms with Gasteiger partial charge in [0.2, 0.25) is 5.88 Å². The first-order valence-corrected chi connectivity index (χ1v) is 7.30. The van der Waals surface area contributed by atoms with Crippen molar-refractivity contribution >= 4 is 0 Å². The summed E-state index contributed by atoms with van der Waals surface area (Å²) in [6.45, 7) is 4.54. The first kappa shape index (κ1) is 12.9. The van der Waals surface area contributed by atoms with Crippen molar-refractivity contribution in [2.24, 2.45) is 5.92 Å². The highest BCUT2D eigenvalue weighted by atomic mass is 16.5. The Morgan fingerprint density at radius 2 is 2.42 bits per heavy atom. The van der Waals surface area contributed by atoms with Gasteiger partial charge in [-0.3, -0.25) is 4.90 Å². The Morgan fingerprint density at radius 1 is 1.47 bits per heavy atom. The molecule has 0 spiro atoms. The van der Waals surface area contributed by atoms with Crippen LogP contribution in [-0.4, -0.2) is 42.7 Å². The highest BCUT2D eigenvalue weighted by molar-refractivity contribution is 5.25. The van der Waals surface area contributed by atoms with Crippen LogP contribution in [0.25, 0.3) is 0 Å². The van der Waals surface area contributed by atoms with Crippen molar-refractivity contribution in [3.8, 4) is 5.88 Å². The van der Waals surface area contributed by atoms with Crippen LogP contribution in [0.3, 0.4) is 0 Å². The molecule has 1 N–H and O–H groups in total. The standard InChI is InChI=1S/C15H23N3O/c1-19-15-13(5-3-8-17-15)11-18-9-6-14-12(10-18)4-2-7-16-14/h3,5,8,12,14,16H,2,4,6-7,9-11H2,1H3. The van der Waals surface area contributed by atoms with Crippen LogP contribution in [0.15, 0.2) is 18.3 Å². The zero-order valence-electron chi connectivity index (χ0n) is 11.6. The molecule has 2 atom stereocenters. The minimum absolute atomic E-state index is 0.751. The van der Waals surface area contributed by atoms with E-state index in [1.54, 1.807) is 13.3 Å². The molecule has 3 heterocycles. The largest absolute Gasteiger partial charge is 0.481 e. The minimum atomic E-state index is 0.751. The molecule has 4 nitrogen and oxygen atoms in total. The zero-order chi connectivity index (χ0) is 13.1. The molecule has 104 valence electrons. The van der Waals surface area contributed by atoms with Gasteiger partial charge in [0.15, 0.2) is 0 Å². The maximum atomic E-state index is 5.34. The van der Waals surface area contributed by atoms with Gasteiger partial charge in [-0.15, -0.1) is 0 Å². The van der Waals surface area contributed by atoms with E-state index in [0.29, 0.717) is 0 Å². The van der Waals surface area contributed by atoms with Gasteiger partial charge in [-0.2, -0.15) is 0 Å². The molecule has 0 saturated carbocycles. The lowest BCUT2D eigenvalue weighted by molar-refractivity contribution is 0.108. The van der Waals surface area contributed by atoms with Crippen molar-refractivity contribution in [2.75, 3.05) is 26.7 Å². The van der Waals surface area contributed by atoms with Gasteiger partial charge in [-0.25, -0.2) is 4.98 Å². The number of pyridine rings is 1. The fourth-order valence-corrected chi connectivity index (χ4v) is 3.43. The fraction of sp³-hybridized carbons (Fsp3) is 0.667. The van der Waals surface area contributed by atoms with Crippen LogP contribution in [0.4, 0.5) is 0 Å². The second-order valence-electron chi connectivity index (χ2n) is 5.66. The van der Waals surface area contributed by atoms with E-state index in [9.17, 15) is 0 Å². The van der Waals surface area contributed by atoms with E-state index in [2.05, 4.69) is 21.3 Å². The molecule has 2 fully saturated rings. The van der Waals surface area contributed by atoms with Crippen LogP contribution in [-0.2, 0) is 6.54 Å². The number of ether oxygens (including phenoxy) is 1. The van der Waals surface area contributed by atoms with Crippen LogP contribution in [0.5, 0.6) is 5.88 Å². The Kier molecular flexibility index (Phi) is 3.99. The van der Waals surface area contributed by atoms with Crippen molar-refractivity contribution in [2.45, 2.75) is 31.8 Å². The second kappa shape index (κ2) is 5.88. The molecule has 4 heteroatoms. The highest BCUT2D eigenvalue weighted by Crippen LogP contribution is 2.26. The van der Waals surface area contributed by atoms with Crippen LogP contribution >= 0.6 is 0 Å². The van der Waals surface area contributed by atoms with Crippen molar-refractivity contribution in [1.29, 1.82) is 0 Å². The van der Waals surface area contributed by atoms with E-state index in [4.69, 9.17) is 4.74 Å². The van der Waals surface area contributed by atoms with Crippen LogP contribution < -0.4 is 10.1 Å². The van der Waals surface area contributed by atoms with Gasteiger partial charge < -0.3 is 10.1 Å². The Morgan fingerprint density at radius 3 is 3.32 bits per heavy atom. The van der Waals surface area contributed by atoms with E-state index in [0.717, 1.165) is 24.4 Å². The van der Waals surface area contributed by atoms with Gasteiger partial charge in [0.25, 0.3) is 0 Å². The molecule has 1 aromatic heterocycles. The van der Waals surface area contributed by atoms with Gasteiger partial charge in [0, 0.05) is 30.9 Å². The summed E-state index contributed by atoms with van der Waals surface area (Å²) in [5, 5.41) is 3.66. The Hall–Kier alpha value is -1.13. The predicted octanol–water partition coefficient (Wildman–Crippen LogP) is 1.66. The molecule has 0 bridgehead atoms. The first-order valence-electron chi connectivity index (χ1n) is 7.30. The molecule has 0 radical (unpaired) electrons. The van der Waals surface area contributed by atoms with E-state index < -0.39 is 0 Å². The maximum absolute atomic E-state index is 5.34. The number of rotatable bonds is 3. The third kappa shape index (κ3) is 2.90. The molecule has 2 saturated heterocycles. The number of aromatic nitrogens is 1. The van der Waals surface area contributed by atoms with Gasteiger partial charge >= 0.3 is 0 Å². The number of likely N-dealkylation sites (tertiary alicyclic amines) is 1. The number of methoxy groups -OCH3 is 1. The molecule has 2 aliphatic heterocycles.